The van der Waals surface area contributed by atoms with Gasteiger partial charge in [0.2, 0.25) is 23.5 Å². The Kier molecular flexibility index (Phi) is 4.97. The molecule has 2 aromatic heterocycles. The second kappa shape index (κ2) is 7.51. The van der Waals surface area contributed by atoms with E-state index in [1.807, 2.05) is 50.4 Å². The standard InChI is InChI=1S/C17H18N8O/c1-4-11(10-19-2)15-20-14(24-26-15)13-21-16(18)23-17(22-13)25(3)12-8-6-5-7-9-12/h4-10H,1-3H3,(H2,18,21,22,23)/b11-4+,19-10?. The second-order valence-corrected chi connectivity index (χ2v) is 5.27. The third-order valence-corrected chi connectivity index (χ3v) is 3.54. The van der Waals surface area contributed by atoms with Crippen molar-refractivity contribution in [3.8, 4) is 11.6 Å². The Morgan fingerprint density at radius 1 is 1.12 bits per heavy atom. The second-order valence-electron chi connectivity index (χ2n) is 5.27. The summed E-state index contributed by atoms with van der Waals surface area (Å²) in [5.74, 6) is 1.23. The van der Waals surface area contributed by atoms with E-state index in [1.54, 1.807) is 18.2 Å². The van der Waals surface area contributed by atoms with Gasteiger partial charge in [-0.3, -0.25) is 4.99 Å². The van der Waals surface area contributed by atoms with Crippen LogP contribution in [0.1, 0.15) is 12.8 Å². The van der Waals surface area contributed by atoms with Crippen LogP contribution in [0.25, 0.3) is 17.2 Å². The summed E-state index contributed by atoms with van der Waals surface area (Å²) < 4.78 is 5.27. The van der Waals surface area contributed by atoms with E-state index in [-0.39, 0.29) is 17.6 Å². The zero-order valence-electron chi connectivity index (χ0n) is 14.7. The summed E-state index contributed by atoms with van der Waals surface area (Å²) in [6, 6.07) is 9.67. The maximum Gasteiger partial charge on any atom is 0.259 e. The summed E-state index contributed by atoms with van der Waals surface area (Å²) in [6.07, 6.45) is 3.45. The molecule has 0 amide bonds. The van der Waals surface area contributed by atoms with Gasteiger partial charge in [-0.25, -0.2) is 0 Å². The lowest BCUT2D eigenvalue weighted by molar-refractivity contribution is 0.409. The molecule has 1 aromatic carbocycles. The van der Waals surface area contributed by atoms with E-state index in [2.05, 4.69) is 30.1 Å². The Hall–Kier alpha value is -3.62. The fourth-order valence-corrected chi connectivity index (χ4v) is 2.22. The van der Waals surface area contributed by atoms with Crippen molar-refractivity contribution >= 4 is 29.4 Å². The van der Waals surface area contributed by atoms with Gasteiger partial charge in [0.25, 0.3) is 5.89 Å². The van der Waals surface area contributed by atoms with Crippen LogP contribution in [0.4, 0.5) is 17.6 Å². The maximum atomic E-state index is 5.85. The van der Waals surface area contributed by atoms with Crippen molar-refractivity contribution in [1.82, 2.24) is 25.1 Å². The molecule has 0 saturated carbocycles. The van der Waals surface area contributed by atoms with E-state index >= 15 is 0 Å². The third kappa shape index (κ3) is 3.56. The molecule has 2 heterocycles. The Bertz CT molecular complexity index is 948. The first kappa shape index (κ1) is 17.2. The number of nitrogen functional groups attached to an aromatic ring is 1. The van der Waals surface area contributed by atoms with Crippen LogP contribution >= 0.6 is 0 Å². The minimum Gasteiger partial charge on any atom is -0.368 e. The molecule has 0 aliphatic rings. The zero-order chi connectivity index (χ0) is 18.5. The van der Waals surface area contributed by atoms with Crippen LogP contribution < -0.4 is 10.6 Å². The van der Waals surface area contributed by atoms with Gasteiger partial charge in [-0.15, -0.1) is 0 Å². The quantitative estimate of drug-likeness (QED) is 0.697. The SMILES string of the molecule is C/C=C(\C=NC)c1nc(-c2nc(N)nc(N(C)c3ccccc3)n2)no1. The summed E-state index contributed by atoms with van der Waals surface area (Å²) in [5.41, 5.74) is 7.46. The van der Waals surface area contributed by atoms with Gasteiger partial charge >= 0.3 is 0 Å². The average molecular weight is 350 g/mol. The van der Waals surface area contributed by atoms with Gasteiger partial charge in [0, 0.05) is 26.0 Å². The molecule has 3 aromatic rings. The van der Waals surface area contributed by atoms with Gasteiger partial charge in [0.05, 0.1) is 5.57 Å². The van der Waals surface area contributed by atoms with Gasteiger partial charge in [0.1, 0.15) is 0 Å². The number of aromatic nitrogens is 5. The number of para-hydroxylation sites is 1. The average Bonchev–Trinajstić information content (AvgIpc) is 3.15. The van der Waals surface area contributed by atoms with Crippen molar-refractivity contribution in [3.63, 3.8) is 0 Å². The Labute approximate surface area is 150 Å². The lowest BCUT2D eigenvalue weighted by Crippen LogP contribution is -2.15. The molecule has 0 bridgehead atoms. The first-order valence-corrected chi connectivity index (χ1v) is 7.85. The highest BCUT2D eigenvalue weighted by Crippen LogP contribution is 2.22. The zero-order valence-corrected chi connectivity index (χ0v) is 14.7. The number of hydrogen-bond donors (Lipinski definition) is 1. The topological polar surface area (TPSA) is 119 Å². The Morgan fingerprint density at radius 3 is 2.58 bits per heavy atom. The molecule has 0 unspecified atom stereocenters. The van der Waals surface area contributed by atoms with E-state index in [0.717, 1.165) is 5.69 Å². The van der Waals surface area contributed by atoms with E-state index in [4.69, 9.17) is 10.3 Å². The number of nitrogens with zero attached hydrogens (tertiary/aromatic N) is 7. The molecule has 0 fully saturated rings. The smallest absolute Gasteiger partial charge is 0.259 e. The van der Waals surface area contributed by atoms with Crippen molar-refractivity contribution in [3.05, 3.63) is 42.3 Å². The van der Waals surface area contributed by atoms with Gasteiger partial charge in [-0.05, 0) is 19.1 Å². The highest BCUT2D eigenvalue weighted by Gasteiger charge is 2.17. The van der Waals surface area contributed by atoms with E-state index in [9.17, 15) is 0 Å². The number of hydrogen-bond acceptors (Lipinski definition) is 9. The van der Waals surface area contributed by atoms with Crippen LogP contribution in [0.15, 0.2) is 45.9 Å². The molecular weight excluding hydrogens is 332 g/mol. The molecule has 0 spiro atoms. The summed E-state index contributed by atoms with van der Waals surface area (Å²) in [5, 5.41) is 3.94. The van der Waals surface area contributed by atoms with Crippen LogP contribution in [-0.4, -0.2) is 45.4 Å². The number of anilines is 3. The number of allylic oxidation sites excluding steroid dienone is 2. The van der Waals surface area contributed by atoms with E-state index in [0.29, 0.717) is 17.4 Å². The molecule has 132 valence electrons. The number of nitrogens with two attached hydrogens (primary N) is 1. The Balaban J connectivity index is 1.97. The van der Waals surface area contributed by atoms with Crippen molar-refractivity contribution in [2.75, 3.05) is 24.7 Å². The molecule has 0 radical (unpaired) electrons. The van der Waals surface area contributed by atoms with Crippen molar-refractivity contribution in [2.45, 2.75) is 6.92 Å². The van der Waals surface area contributed by atoms with Gasteiger partial charge in [0.15, 0.2) is 0 Å². The first-order valence-electron chi connectivity index (χ1n) is 7.85. The van der Waals surface area contributed by atoms with Crippen LogP contribution in [0.2, 0.25) is 0 Å². The molecule has 9 heteroatoms. The third-order valence-electron chi connectivity index (χ3n) is 3.54. The monoisotopic (exact) mass is 350 g/mol. The summed E-state index contributed by atoms with van der Waals surface area (Å²) >= 11 is 0. The lowest BCUT2D eigenvalue weighted by Gasteiger charge is -2.17. The van der Waals surface area contributed by atoms with Crippen LogP contribution in [0, 0.1) is 0 Å². The van der Waals surface area contributed by atoms with Gasteiger partial charge in [-0.1, -0.05) is 29.4 Å². The fourth-order valence-electron chi connectivity index (χ4n) is 2.22. The minimum absolute atomic E-state index is 0.0699. The molecule has 2 N–H and O–H groups in total. The normalized spacial score (nSPS) is 11.9. The lowest BCUT2D eigenvalue weighted by atomic mass is 10.3. The molecule has 0 aliphatic heterocycles. The largest absolute Gasteiger partial charge is 0.368 e. The van der Waals surface area contributed by atoms with E-state index in [1.165, 1.54) is 0 Å². The van der Waals surface area contributed by atoms with Crippen LogP contribution in [-0.2, 0) is 0 Å². The number of aliphatic imine (C=N–C) groups is 1. The number of benzene rings is 1. The molecule has 0 saturated heterocycles. The van der Waals surface area contributed by atoms with Crippen LogP contribution in [0.5, 0.6) is 0 Å². The number of rotatable bonds is 5. The maximum absolute atomic E-state index is 5.85. The first-order chi connectivity index (χ1) is 12.6. The molecule has 0 aliphatic carbocycles. The minimum atomic E-state index is 0.0699. The highest BCUT2D eigenvalue weighted by molar-refractivity contribution is 6.07. The van der Waals surface area contributed by atoms with Crippen molar-refractivity contribution in [2.24, 2.45) is 4.99 Å². The fraction of sp³-hybridized carbons (Fsp3) is 0.176. The molecule has 9 nitrogen and oxygen atoms in total. The van der Waals surface area contributed by atoms with E-state index < -0.39 is 0 Å². The highest BCUT2D eigenvalue weighted by atomic mass is 16.5. The molecule has 0 atom stereocenters. The summed E-state index contributed by atoms with van der Waals surface area (Å²) in [4.78, 5) is 22.8. The Morgan fingerprint density at radius 2 is 1.88 bits per heavy atom. The summed E-state index contributed by atoms with van der Waals surface area (Å²) in [7, 11) is 3.50. The van der Waals surface area contributed by atoms with Gasteiger partial charge in [-0.2, -0.15) is 19.9 Å². The van der Waals surface area contributed by atoms with Crippen molar-refractivity contribution in [1.29, 1.82) is 0 Å². The van der Waals surface area contributed by atoms with Crippen LogP contribution in [0.3, 0.4) is 0 Å². The predicted molar refractivity (Wildman–Crippen MR) is 100 cm³/mol. The molecule has 26 heavy (non-hydrogen) atoms. The predicted octanol–water partition coefficient (Wildman–Crippen LogP) is 2.38. The molecule has 3 rings (SSSR count). The molecular formula is C17H18N8O. The summed E-state index contributed by atoms with van der Waals surface area (Å²) in [6.45, 7) is 1.86. The van der Waals surface area contributed by atoms with Gasteiger partial charge < -0.3 is 15.2 Å². The van der Waals surface area contributed by atoms with Crippen molar-refractivity contribution < 1.29 is 4.52 Å².